The van der Waals surface area contributed by atoms with E-state index in [4.69, 9.17) is 0 Å². The first kappa shape index (κ1) is 7.91. The van der Waals surface area contributed by atoms with Gasteiger partial charge in [-0.15, -0.1) is 0 Å². The minimum absolute atomic E-state index is 0.275. The van der Waals surface area contributed by atoms with E-state index in [2.05, 4.69) is 5.10 Å². The van der Waals surface area contributed by atoms with Crippen LogP contribution in [0.5, 0.6) is 0 Å². The summed E-state index contributed by atoms with van der Waals surface area (Å²) >= 11 is 0. The Morgan fingerprint density at radius 1 is 1.54 bits per heavy atom. The van der Waals surface area contributed by atoms with Crippen molar-refractivity contribution in [2.24, 2.45) is 7.05 Å². The van der Waals surface area contributed by atoms with E-state index in [1.54, 1.807) is 19.2 Å². The fourth-order valence-corrected chi connectivity index (χ4v) is 1.40. The number of benzene rings is 1. The molecule has 0 saturated heterocycles. The Hall–Kier alpha value is -1.71. The first-order valence-corrected chi connectivity index (χ1v) is 3.80. The van der Waals surface area contributed by atoms with Gasteiger partial charge in [-0.3, -0.25) is 9.48 Å². The molecule has 0 saturated carbocycles. The largest absolute Gasteiger partial charge is 0.296 e. The summed E-state index contributed by atoms with van der Waals surface area (Å²) in [5.41, 5.74) is 0.640. The number of carbonyl (C=O) groups is 1. The Morgan fingerprint density at radius 3 is 3.00 bits per heavy atom. The Balaban J connectivity index is 2.95. The summed E-state index contributed by atoms with van der Waals surface area (Å²) in [6, 6.07) is 4.58. The molecule has 0 unspecified atom stereocenters. The van der Waals surface area contributed by atoms with Crippen molar-refractivity contribution in [2.45, 2.75) is 0 Å². The summed E-state index contributed by atoms with van der Waals surface area (Å²) < 4.78 is 14.6. The second-order valence-corrected chi connectivity index (χ2v) is 2.76. The molecule has 0 fully saturated rings. The van der Waals surface area contributed by atoms with Crippen LogP contribution >= 0.6 is 0 Å². The zero-order valence-electron chi connectivity index (χ0n) is 6.99. The number of hydrogen-bond donors (Lipinski definition) is 0. The Kier molecular flexibility index (Phi) is 1.62. The third kappa shape index (κ3) is 1.02. The highest BCUT2D eigenvalue weighted by molar-refractivity contribution is 5.95. The van der Waals surface area contributed by atoms with Gasteiger partial charge in [0, 0.05) is 12.4 Å². The molecule has 4 heteroatoms. The second-order valence-electron chi connectivity index (χ2n) is 2.76. The zero-order chi connectivity index (χ0) is 9.42. The normalized spacial score (nSPS) is 10.6. The van der Waals surface area contributed by atoms with Crippen molar-refractivity contribution < 1.29 is 9.18 Å². The number of para-hydroxylation sites is 1. The fraction of sp³-hybridized carbons (Fsp3) is 0.111. The van der Waals surface area contributed by atoms with Gasteiger partial charge in [-0.05, 0) is 6.07 Å². The summed E-state index contributed by atoms with van der Waals surface area (Å²) in [7, 11) is 1.61. The molecule has 13 heavy (non-hydrogen) atoms. The maximum Gasteiger partial charge on any atom is 0.170 e. The number of aldehydes is 1. The molecule has 1 aromatic heterocycles. The lowest BCUT2D eigenvalue weighted by atomic mass is 10.2. The number of nitrogens with zero attached hydrogens (tertiary/aromatic N) is 2. The summed E-state index contributed by atoms with van der Waals surface area (Å²) in [4.78, 5) is 10.5. The van der Waals surface area contributed by atoms with Gasteiger partial charge in [-0.25, -0.2) is 4.39 Å². The molecule has 66 valence electrons. The minimum Gasteiger partial charge on any atom is -0.296 e. The monoisotopic (exact) mass is 178 g/mol. The van der Waals surface area contributed by atoms with Crippen molar-refractivity contribution in [2.75, 3.05) is 0 Å². The first-order chi connectivity index (χ1) is 6.24. The van der Waals surface area contributed by atoms with Gasteiger partial charge in [-0.2, -0.15) is 5.10 Å². The summed E-state index contributed by atoms with van der Waals surface area (Å²) in [6.45, 7) is 0. The van der Waals surface area contributed by atoms with Crippen LogP contribution in [-0.2, 0) is 7.05 Å². The Labute approximate surface area is 73.8 Å². The van der Waals surface area contributed by atoms with Crippen molar-refractivity contribution in [1.82, 2.24) is 9.78 Å². The summed E-state index contributed by atoms with van der Waals surface area (Å²) in [5, 5.41) is 4.43. The van der Waals surface area contributed by atoms with Gasteiger partial charge in [-0.1, -0.05) is 12.1 Å². The number of aryl methyl sites for hydroxylation is 1. The van der Waals surface area contributed by atoms with Crippen LogP contribution in [-0.4, -0.2) is 16.1 Å². The number of rotatable bonds is 1. The average Bonchev–Trinajstić information content (AvgIpc) is 2.44. The fourth-order valence-electron chi connectivity index (χ4n) is 1.40. The van der Waals surface area contributed by atoms with E-state index in [1.165, 1.54) is 10.7 Å². The van der Waals surface area contributed by atoms with Crippen molar-refractivity contribution in [3.8, 4) is 0 Å². The van der Waals surface area contributed by atoms with Gasteiger partial charge in [0.15, 0.2) is 6.29 Å². The van der Waals surface area contributed by atoms with Crippen LogP contribution in [0.2, 0.25) is 0 Å². The van der Waals surface area contributed by atoms with E-state index in [0.717, 1.165) is 0 Å². The van der Waals surface area contributed by atoms with Crippen LogP contribution in [0, 0.1) is 5.82 Å². The van der Waals surface area contributed by atoms with Crippen molar-refractivity contribution in [3.05, 3.63) is 29.7 Å². The maximum atomic E-state index is 13.2. The number of halogens is 1. The zero-order valence-corrected chi connectivity index (χ0v) is 6.99. The summed E-state index contributed by atoms with van der Waals surface area (Å²) in [5.74, 6) is -0.361. The van der Waals surface area contributed by atoms with Gasteiger partial charge < -0.3 is 0 Å². The molecule has 2 aromatic rings. The lowest BCUT2D eigenvalue weighted by Gasteiger charge is -1.93. The highest BCUT2D eigenvalue weighted by atomic mass is 19.1. The van der Waals surface area contributed by atoms with E-state index < -0.39 is 0 Å². The minimum atomic E-state index is -0.361. The molecule has 0 aliphatic carbocycles. The van der Waals surface area contributed by atoms with Gasteiger partial charge in [0.1, 0.15) is 17.0 Å². The molecule has 0 aliphatic heterocycles. The van der Waals surface area contributed by atoms with E-state index in [-0.39, 0.29) is 11.5 Å². The SMILES string of the molecule is Cn1nc(C=O)c2cccc(F)c21. The molecular weight excluding hydrogens is 171 g/mol. The van der Waals surface area contributed by atoms with E-state index >= 15 is 0 Å². The van der Waals surface area contributed by atoms with Gasteiger partial charge in [0.05, 0.1) is 0 Å². The molecule has 0 radical (unpaired) electrons. The van der Waals surface area contributed by atoms with Crippen molar-refractivity contribution in [1.29, 1.82) is 0 Å². The summed E-state index contributed by atoms with van der Waals surface area (Å²) in [6.07, 6.45) is 0.627. The molecule has 0 N–H and O–H groups in total. The quantitative estimate of drug-likeness (QED) is 0.620. The molecule has 1 heterocycles. The van der Waals surface area contributed by atoms with Crippen molar-refractivity contribution in [3.63, 3.8) is 0 Å². The van der Waals surface area contributed by atoms with Crippen LogP contribution in [0.25, 0.3) is 10.9 Å². The number of carbonyl (C=O) groups excluding carboxylic acids is 1. The van der Waals surface area contributed by atoms with Crippen LogP contribution < -0.4 is 0 Å². The molecule has 2 rings (SSSR count). The smallest absolute Gasteiger partial charge is 0.170 e. The topological polar surface area (TPSA) is 34.9 Å². The molecule has 0 amide bonds. The predicted molar refractivity (Wildman–Crippen MR) is 46.1 cm³/mol. The van der Waals surface area contributed by atoms with Crippen LogP contribution in [0.4, 0.5) is 4.39 Å². The van der Waals surface area contributed by atoms with Crippen molar-refractivity contribution >= 4 is 17.2 Å². The van der Waals surface area contributed by atoms with E-state index in [1.807, 2.05) is 0 Å². The maximum absolute atomic E-state index is 13.2. The molecular formula is C9H7FN2O. The van der Waals surface area contributed by atoms with Crippen LogP contribution in [0.1, 0.15) is 10.5 Å². The Morgan fingerprint density at radius 2 is 2.31 bits per heavy atom. The first-order valence-electron chi connectivity index (χ1n) is 3.80. The molecule has 0 atom stereocenters. The van der Waals surface area contributed by atoms with Gasteiger partial charge in [0.25, 0.3) is 0 Å². The molecule has 3 nitrogen and oxygen atoms in total. The highest BCUT2D eigenvalue weighted by Crippen LogP contribution is 2.19. The van der Waals surface area contributed by atoms with Gasteiger partial charge >= 0.3 is 0 Å². The third-order valence-corrected chi connectivity index (χ3v) is 1.96. The Bertz CT molecular complexity index is 476. The van der Waals surface area contributed by atoms with E-state index in [0.29, 0.717) is 17.2 Å². The van der Waals surface area contributed by atoms with Crippen LogP contribution in [0.15, 0.2) is 18.2 Å². The second kappa shape index (κ2) is 2.65. The lowest BCUT2D eigenvalue weighted by molar-refractivity contribution is 0.111. The average molecular weight is 178 g/mol. The molecule has 0 bridgehead atoms. The third-order valence-electron chi connectivity index (χ3n) is 1.96. The highest BCUT2D eigenvalue weighted by Gasteiger charge is 2.10. The molecule has 0 aliphatic rings. The number of aromatic nitrogens is 2. The van der Waals surface area contributed by atoms with E-state index in [9.17, 15) is 9.18 Å². The predicted octanol–water partition coefficient (Wildman–Crippen LogP) is 1.52. The standard InChI is InChI=1S/C9H7FN2O/c1-12-9-6(8(5-13)11-12)3-2-4-7(9)10/h2-5H,1H3. The lowest BCUT2D eigenvalue weighted by Crippen LogP contribution is -1.92. The molecule has 1 aromatic carbocycles. The van der Waals surface area contributed by atoms with Crippen LogP contribution in [0.3, 0.4) is 0 Å². The number of hydrogen-bond acceptors (Lipinski definition) is 2. The number of fused-ring (bicyclic) bond motifs is 1. The van der Waals surface area contributed by atoms with Gasteiger partial charge in [0.2, 0.25) is 0 Å². The molecule has 0 spiro atoms.